The summed E-state index contributed by atoms with van der Waals surface area (Å²) in [5.41, 5.74) is 2.25. The van der Waals surface area contributed by atoms with Crippen LogP contribution in [0.4, 0.5) is 0 Å². The minimum absolute atomic E-state index is 0.0567. The van der Waals surface area contributed by atoms with Crippen molar-refractivity contribution in [1.82, 2.24) is 4.90 Å². The van der Waals surface area contributed by atoms with Crippen LogP contribution in [-0.4, -0.2) is 29.1 Å². The van der Waals surface area contributed by atoms with E-state index in [4.69, 9.17) is 0 Å². The first-order valence-corrected chi connectivity index (χ1v) is 7.30. The third-order valence-electron chi connectivity index (χ3n) is 2.84. The standard InChI is InChI=1S/C15H18N2OS/c1-4-16-15-17(5-2)14(18)13(19-15)10-12-8-6-7-11(3)9-12/h6-10H,4-5H2,1-3H3/b13-10-,16-15?. The van der Waals surface area contributed by atoms with Gasteiger partial charge >= 0.3 is 0 Å². The van der Waals surface area contributed by atoms with E-state index in [1.807, 2.05) is 45.0 Å². The molecule has 2 rings (SSSR count). The molecule has 0 aliphatic carbocycles. The fourth-order valence-electron chi connectivity index (χ4n) is 1.95. The van der Waals surface area contributed by atoms with Crippen LogP contribution in [0.5, 0.6) is 0 Å². The van der Waals surface area contributed by atoms with Gasteiger partial charge in [0, 0.05) is 13.1 Å². The van der Waals surface area contributed by atoms with E-state index < -0.39 is 0 Å². The number of hydrogen-bond acceptors (Lipinski definition) is 3. The lowest BCUT2D eigenvalue weighted by Crippen LogP contribution is -2.28. The number of likely N-dealkylation sites (N-methyl/N-ethyl adjacent to an activating group) is 1. The van der Waals surface area contributed by atoms with E-state index in [2.05, 4.69) is 11.1 Å². The molecular weight excluding hydrogens is 256 g/mol. The highest BCUT2D eigenvalue weighted by Crippen LogP contribution is 2.32. The summed E-state index contributed by atoms with van der Waals surface area (Å²) in [5.74, 6) is 0.0567. The van der Waals surface area contributed by atoms with Gasteiger partial charge in [0.25, 0.3) is 5.91 Å². The molecule has 1 aromatic carbocycles. The topological polar surface area (TPSA) is 32.7 Å². The summed E-state index contributed by atoms with van der Waals surface area (Å²) < 4.78 is 0. The summed E-state index contributed by atoms with van der Waals surface area (Å²) in [5, 5.41) is 0.814. The van der Waals surface area contributed by atoms with Crippen LogP contribution in [0.25, 0.3) is 6.08 Å². The maximum absolute atomic E-state index is 12.3. The van der Waals surface area contributed by atoms with Gasteiger partial charge in [0.2, 0.25) is 0 Å². The zero-order valence-corrected chi connectivity index (χ0v) is 12.3. The van der Waals surface area contributed by atoms with Crippen LogP contribution in [0.3, 0.4) is 0 Å². The van der Waals surface area contributed by atoms with Crippen molar-refractivity contribution in [1.29, 1.82) is 0 Å². The van der Waals surface area contributed by atoms with Crippen LogP contribution in [0.15, 0.2) is 34.2 Å². The van der Waals surface area contributed by atoms with Gasteiger partial charge in [-0.05, 0) is 44.2 Å². The Hall–Kier alpha value is -1.55. The molecule has 0 radical (unpaired) electrons. The Kier molecular flexibility index (Phi) is 4.43. The first kappa shape index (κ1) is 13.9. The molecule has 1 aromatic rings. The van der Waals surface area contributed by atoms with Crippen LogP contribution in [-0.2, 0) is 4.79 Å². The first-order chi connectivity index (χ1) is 9.15. The zero-order chi connectivity index (χ0) is 13.8. The lowest BCUT2D eigenvalue weighted by molar-refractivity contribution is -0.122. The average molecular weight is 274 g/mol. The van der Waals surface area contributed by atoms with Crippen LogP contribution in [0.1, 0.15) is 25.0 Å². The number of carbonyl (C=O) groups is 1. The third-order valence-corrected chi connectivity index (χ3v) is 3.88. The molecular formula is C15H18N2OS. The molecule has 4 heteroatoms. The largest absolute Gasteiger partial charge is 0.287 e. The number of nitrogens with zero attached hydrogens (tertiary/aromatic N) is 2. The molecule has 0 atom stereocenters. The molecule has 0 unspecified atom stereocenters. The molecule has 0 N–H and O–H groups in total. The molecule has 1 aliphatic heterocycles. The smallest absolute Gasteiger partial charge is 0.266 e. The van der Waals surface area contributed by atoms with Crippen LogP contribution >= 0.6 is 11.8 Å². The summed E-state index contributed by atoms with van der Waals surface area (Å²) in [6.45, 7) is 7.36. The second-order valence-corrected chi connectivity index (χ2v) is 5.34. The minimum Gasteiger partial charge on any atom is -0.287 e. The van der Waals surface area contributed by atoms with E-state index in [0.29, 0.717) is 13.1 Å². The number of benzene rings is 1. The normalized spacial score (nSPS) is 19.7. The maximum atomic E-state index is 12.3. The maximum Gasteiger partial charge on any atom is 0.266 e. The Balaban J connectivity index is 2.31. The summed E-state index contributed by atoms with van der Waals surface area (Å²) in [6, 6.07) is 8.14. The van der Waals surface area contributed by atoms with Crippen molar-refractivity contribution >= 4 is 28.9 Å². The molecule has 0 bridgehead atoms. The van der Waals surface area contributed by atoms with Gasteiger partial charge in [0.1, 0.15) is 0 Å². The van der Waals surface area contributed by atoms with Gasteiger partial charge in [-0.15, -0.1) is 0 Å². The molecule has 1 aliphatic rings. The fourth-order valence-corrected chi connectivity index (χ4v) is 3.06. The number of rotatable bonds is 3. The molecule has 19 heavy (non-hydrogen) atoms. The summed E-state index contributed by atoms with van der Waals surface area (Å²) in [4.78, 5) is 19.1. The molecule has 1 saturated heterocycles. The number of amidine groups is 1. The zero-order valence-electron chi connectivity index (χ0n) is 11.5. The third kappa shape index (κ3) is 3.07. The Labute approximate surface area is 118 Å². The highest BCUT2D eigenvalue weighted by Gasteiger charge is 2.31. The molecule has 0 spiro atoms. The van der Waals surface area contributed by atoms with Crippen LogP contribution in [0, 0.1) is 6.92 Å². The molecule has 1 amide bonds. The molecule has 3 nitrogen and oxygen atoms in total. The van der Waals surface area contributed by atoms with E-state index in [-0.39, 0.29) is 5.91 Å². The SMILES string of the molecule is CCN=C1S/C(=C\c2cccc(C)c2)C(=O)N1CC. The Morgan fingerprint density at radius 1 is 1.37 bits per heavy atom. The number of aryl methyl sites for hydroxylation is 1. The van der Waals surface area contributed by atoms with Crippen molar-refractivity contribution in [3.8, 4) is 0 Å². The Bertz CT molecular complexity index is 549. The highest BCUT2D eigenvalue weighted by molar-refractivity contribution is 8.18. The Morgan fingerprint density at radius 3 is 2.79 bits per heavy atom. The van der Waals surface area contributed by atoms with E-state index in [9.17, 15) is 4.79 Å². The molecule has 1 heterocycles. The van der Waals surface area contributed by atoms with Gasteiger partial charge in [-0.3, -0.25) is 14.7 Å². The second kappa shape index (κ2) is 6.06. The van der Waals surface area contributed by atoms with Crippen molar-refractivity contribution < 1.29 is 4.79 Å². The van der Waals surface area contributed by atoms with E-state index in [1.54, 1.807) is 4.90 Å². The van der Waals surface area contributed by atoms with Crippen LogP contribution < -0.4 is 0 Å². The quantitative estimate of drug-likeness (QED) is 0.792. The van der Waals surface area contributed by atoms with E-state index in [1.165, 1.54) is 17.3 Å². The number of carbonyl (C=O) groups excluding carboxylic acids is 1. The van der Waals surface area contributed by atoms with Crippen molar-refractivity contribution in [2.75, 3.05) is 13.1 Å². The van der Waals surface area contributed by atoms with Crippen LogP contribution in [0.2, 0.25) is 0 Å². The molecule has 1 fully saturated rings. The van der Waals surface area contributed by atoms with Crippen molar-refractivity contribution in [2.45, 2.75) is 20.8 Å². The van der Waals surface area contributed by atoms with Crippen molar-refractivity contribution in [3.63, 3.8) is 0 Å². The Morgan fingerprint density at radius 2 is 2.16 bits per heavy atom. The highest BCUT2D eigenvalue weighted by atomic mass is 32.2. The first-order valence-electron chi connectivity index (χ1n) is 6.48. The second-order valence-electron chi connectivity index (χ2n) is 4.33. The van der Waals surface area contributed by atoms with Gasteiger partial charge in [-0.1, -0.05) is 29.8 Å². The summed E-state index contributed by atoms with van der Waals surface area (Å²) in [7, 11) is 0. The summed E-state index contributed by atoms with van der Waals surface area (Å²) in [6.07, 6.45) is 1.95. The van der Waals surface area contributed by atoms with Gasteiger partial charge in [-0.2, -0.15) is 0 Å². The number of hydrogen-bond donors (Lipinski definition) is 0. The number of amides is 1. The fraction of sp³-hybridized carbons (Fsp3) is 0.333. The molecule has 0 aromatic heterocycles. The lowest BCUT2D eigenvalue weighted by Gasteiger charge is -2.11. The predicted molar refractivity (Wildman–Crippen MR) is 82.1 cm³/mol. The van der Waals surface area contributed by atoms with E-state index in [0.717, 1.165) is 15.6 Å². The molecule has 0 saturated carbocycles. The minimum atomic E-state index is 0.0567. The van der Waals surface area contributed by atoms with Crippen molar-refractivity contribution in [3.05, 3.63) is 40.3 Å². The predicted octanol–water partition coefficient (Wildman–Crippen LogP) is 3.31. The van der Waals surface area contributed by atoms with E-state index >= 15 is 0 Å². The number of thioether (sulfide) groups is 1. The average Bonchev–Trinajstić information content (AvgIpc) is 2.66. The molecule has 100 valence electrons. The van der Waals surface area contributed by atoms with Gasteiger partial charge < -0.3 is 0 Å². The van der Waals surface area contributed by atoms with Gasteiger partial charge in [0.05, 0.1) is 4.91 Å². The monoisotopic (exact) mass is 274 g/mol. The van der Waals surface area contributed by atoms with Gasteiger partial charge in [-0.25, -0.2) is 0 Å². The number of aliphatic imine (C=N–C) groups is 1. The lowest BCUT2D eigenvalue weighted by atomic mass is 10.1. The van der Waals surface area contributed by atoms with Crippen molar-refractivity contribution in [2.24, 2.45) is 4.99 Å². The summed E-state index contributed by atoms with van der Waals surface area (Å²) >= 11 is 1.46. The van der Waals surface area contributed by atoms with Gasteiger partial charge in [0.15, 0.2) is 5.17 Å².